The van der Waals surface area contributed by atoms with Crippen molar-refractivity contribution >= 4 is 28.6 Å². The zero-order chi connectivity index (χ0) is 20.9. The van der Waals surface area contributed by atoms with Crippen LogP contribution in [-0.4, -0.2) is 37.9 Å². The van der Waals surface area contributed by atoms with Crippen LogP contribution in [0.4, 0.5) is 5.69 Å². The topological polar surface area (TPSA) is 110 Å². The van der Waals surface area contributed by atoms with Gasteiger partial charge in [0.15, 0.2) is 6.10 Å². The number of imidazole rings is 1. The first-order valence-corrected chi connectivity index (χ1v) is 9.46. The summed E-state index contributed by atoms with van der Waals surface area (Å²) in [6, 6.07) is 12.1. The van der Waals surface area contributed by atoms with Gasteiger partial charge in [-0.3, -0.25) is 14.8 Å². The molecule has 0 aliphatic rings. The van der Waals surface area contributed by atoms with E-state index in [9.17, 15) is 9.59 Å². The number of rotatable bonds is 6. The smallest absolute Gasteiger partial charge is 0.338 e. The maximum Gasteiger partial charge on any atom is 0.338 e. The SMILES string of the molecule is CCC(OC(=O)c1ccc2nc(-c3cccnc3)[nH]c2c1)C(=O)Nc1ccncc1. The number of fused-ring (bicyclic) bond motifs is 1. The van der Waals surface area contributed by atoms with Gasteiger partial charge in [0.05, 0.1) is 16.6 Å². The number of benzene rings is 1. The van der Waals surface area contributed by atoms with Gasteiger partial charge in [0.1, 0.15) is 5.82 Å². The minimum atomic E-state index is -0.908. The first-order valence-electron chi connectivity index (χ1n) is 9.46. The first-order chi connectivity index (χ1) is 14.6. The molecule has 0 spiro atoms. The Labute approximate surface area is 172 Å². The second kappa shape index (κ2) is 8.52. The molecule has 0 aliphatic heterocycles. The maximum atomic E-state index is 12.6. The number of ether oxygens (including phenoxy) is 1. The largest absolute Gasteiger partial charge is 0.449 e. The standard InChI is InChI=1S/C22H19N5O3/c1-2-19(21(28)25-16-7-10-23-11-8-16)30-22(29)14-5-6-17-18(12-14)27-20(26-17)15-4-3-9-24-13-15/h3-13,19H,2H2,1H3,(H,26,27)(H,23,25,28). The molecule has 4 aromatic rings. The van der Waals surface area contributed by atoms with Gasteiger partial charge in [0.25, 0.3) is 5.91 Å². The Bertz CT molecular complexity index is 1180. The molecule has 4 rings (SSSR count). The Balaban J connectivity index is 1.50. The number of anilines is 1. The number of aromatic nitrogens is 4. The van der Waals surface area contributed by atoms with Crippen LogP contribution in [0.5, 0.6) is 0 Å². The summed E-state index contributed by atoms with van der Waals surface area (Å²) in [4.78, 5) is 40.8. The molecule has 0 fully saturated rings. The van der Waals surface area contributed by atoms with Crippen LogP contribution >= 0.6 is 0 Å². The molecule has 0 aliphatic carbocycles. The summed E-state index contributed by atoms with van der Waals surface area (Å²) in [6.07, 6.45) is 5.98. The molecule has 8 heteroatoms. The summed E-state index contributed by atoms with van der Waals surface area (Å²) in [5.41, 5.74) is 3.17. The van der Waals surface area contributed by atoms with Crippen LogP contribution in [0.2, 0.25) is 0 Å². The van der Waals surface area contributed by atoms with Gasteiger partial charge in [-0.05, 0) is 48.9 Å². The van der Waals surface area contributed by atoms with Gasteiger partial charge in [0, 0.05) is 36.0 Å². The molecule has 2 N–H and O–H groups in total. The van der Waals surface area contributed by atoms with Crippen LogP contribution in [0.3, 0.4) is 0 Å². The first kappa shape index (κ1) is 19.3. The van der Waals surface area contributed by atoms with E-state index < -0.39 is 18.0 Å². The lowest BCUT2D eigenvalue weighted by molar-refractivity contribution is -0.124. The summed E-state index contributed by atoms with van der Waals surface area (Å²) in [7, 11) is 0. The molecule has 1 unspecified atom stereocenters. The van der Waals surface area contributed by atoms with Crippen molar-refractivity contribution < 1.29 is 14.3 Å². The number of carbonyl (C=O) groups excluding carboxylic acids is 2. The predicted octanol–water partition coefficient (Wildman–Crippen LogP) is 3.59. The molecule has 1 amide bonds. The van der Waals surface area contributed by atoms with Crippen molar-refractivity contribution in [1.82, 2.24) is 19.9 Å². The molecule has 0 bridgehead atoms. The van der Waals surface area contributed by atoms with Crippen LogP contribution in [0.15, 0.2) is 67.3 Å². The molecule has 0 saturated heterocycles. The zero-order valence-corrected chi connectivity index (χ0v) is 16.2. The highest BCUT2D eigenvalue weighted by Gasteiger charge is 2.22. The number of carbonyl (C=O) groups is 2. The molecule has 0 saturated carbocycles. The molecule has 30 heavy (non-hydrogen) atoms. The monoisotopic (exact) mass is 401 g/mol. The van der Waals surface area contributed by atoms with E-state index in [4.69, 9.17) is 4.74 Å². The van der Waals surface area contributed by atoms with Crippen LogP contribution in [0.25, 0.3) is 22.4 Å². The van der Waals surface area contributed by atoms with Crippen LogP contribution in [-0.2, 0) is 9.53 Å². The molecular formula is C22H19N5O3. The van der Waals surface area contributed by atoms with Crippen molar-refractivity contribution in [3.05, 3.63) is 72.8 Å². The number of pyridine rings is 2. The fourth-order valence-corrected chi connectivity index (χ4v) is 2.95. The summed E-state index contributed by atoms with van der Waals surface area (Å²) < 4.78 is 5.45. The highest BCUT2D eigenvalue weighted by Crippen LogP contribution is 2.21. The normalized spacial score (nSPS) is 11.8. The van der Waals surface area contributed by atoms with Gasteiger partial charge in [-0.1, -0.05) is 6.92 Å². The van der Waals surface area contributed by atoms with E-state index in [1.54, 1.807) is 62.0 Å². The van der Waals surface area contributed by atoms with E-state index >= 15 is 0 Å². The molecule has 8 nitrogen and oxygen atoms in total. The number of amides is 1. The van der Waals surface area contributed by atoms with Crippen molar-refractivity contribution in [1.29, 1.82) is 0 Å². The van der Waals surface area contributed by atoms with Gasteiger partial charge in [0.2, 0.25) is 0 Å². The zero-order valence-electron chi connectivity index (χ0n) is 16.2. The van der Waals surface area contributed by atoms with E-state index in [1.165, 1.54) is 0 Å². The van der Waals surface area contributed by atoms with Gasteiger partial charge < -0.3 is 15.0 Å². The van der Waals surface area contributed by atoms with Crippen LogP contribution < -0.4 is 5.32 Å². The third kappa shape index (κ3) is 4.17. The van der Waals surface area contributed by atoms with E-state index in [1.807, 2.05) is 12.1 Å². The average Bonchev–Trinajstić information content (AvgIpc) is 3.22. The van der Waals surface area contributed by atoms with E-state index in [0.29, 0.717) is 34.5 Å². The quantitative estimate of drug-likeness (QED) is 0.478. The number of nitrogens with one attached hydrogen (secondary N) is 2. The molecular weight excluding hydrogens is 382 g/mol. The van der Waals surface area contributed by atoms with Gasteiger partial charge in [-0.15, -0.1) is 0 Å². The van der Waals surface area contributed by atoms with Crippen LogP contribution in [0, 0.1) is 0 Å². The summed E-state index contributed by atoms with van der Waals surface area (Å²) in [5.74, 6) is -0.309. The van der Waals surface area contributed by atoms with Crippen LogP contribution in [0.1, 0.15) is 23.7 Å². The van der Waals surface area contributed by atoms with Gasteiger partial charge in [-0.25, -0.2) is 9.78 Å². The number of hydrogen-bond acceptors (Lipinski definition) is 6. The van der Waals surface area contributed by atoms with E-state index in [-0.39, 0.29) is 0 Å². The Morgan fingerprint density at radius 2 is 1.93 bits per heavy atom. The molecule has 3 aromatic heterocycles. The number of hydrogen-bond donors (Lipinski definition) is 2. The van der Waals surface area contributed by atoms with Gasteiger partial charge in [-0.2, -0.15) is 0 Å². The summed E-state index contributed by atoms with van der Waals surface area (Å²) in [6.45, 7) is 1.78. The molecule has 150 valence electrons. The highest BCUT2D eigenvalue weighted by molar-refractivity contribution is 5.98. The average molecular weight is 401 g/mol. The summed E-state index contributed by atoms with van der Waals surface area (Å²) >= 11 is 0. The van der Waals surface area contributed by atoms with Crippen molar-refractivity contribution in [2.45, 2.75) is 19.4 Å². The number of H-pyrrole nitrogens is 1. The molecule has 0 radical (unpaired) electrons. The van der Waals surface area contributed by atoms with E-state index in [0.717, 1.165) is 5.56 Å². The minimum absolute atomic E-state index is 0.332. The van der Waals surface area contributed by atoms with Crippen molar-refractivity contribution in [2.24, 2.45) is 0 Å². The highest BCUT2D eigenvalue weighted by atomic mass is 16.5. The Kier molecular flexibility index (Phi) is 5.47. The Morgan fingerprint density at radius 1 is 1.10 bits per heavy atom. The Hall–Kier alpha value is -4.07. The molecule has 1 aromatic carbocycles. The molecule has 3 heterocycles. The minimum Gasteiger partial charge on any atom is -0.449 e. The van der Waals surface area contributed by atoms with Crippen molar-refractivity contribution in [2.75, 3.05) is 5.32 Å². The van der Waals surface area contributed by atoms with Crippen molar-refractivity contribution in [3.8, 4) is 11.4 Å². The third-order valence-electron chi connectivity index (χ3n) is 4.51. The maximum absolute atomic E-state index is 12.6. The van der Waals surface area contributed by atoms with E-state index in [2.05, 4.69) is 25.3 Å². The lowest BCUT2D eigenvalue weighted by Gasteiger charge is -2.16. The number of aromatic amines is 1. The Morgan fingerprint density at radius 3 is 2.67 bits per heavy atom. The third-order valence-corrected chi connectivity index (χ3v) is 4.51. The number of nitrogens with zero attached hydrogens (tertiary/aromatic N) is 3. The second-order valence-corrected chi connectivity index (χ2v) is 6.59. The lowest BCUT2D eigenvalue weighted by atomic mass is 10.2. The van der Waals surface area contributed by atoms with Gasteiger partial charge >= 0.3 is 5.97 Å². The fraction of sp³-hybridized carbons (Fsp3) is 0.136. The molecule has 1 atom stereocenters. The second-order valence-electron chi connectivity index (χ2n) is 6.59. The summed E-state index contributed by atoms with van der Waals surface area (Å²) in [5, 5.41) is 2.72. The lowest BCUT2D eigenvalue weighted by Crippen LogP contribution is -2.32. The fourth-order valence-electron chi connectivity index (χ4n) is 2.95. The predicted molar refractivity (Wildman–Crippen MR) is 112 cm³/mol. The van der Waals surface area contributed by atoms with Crippen molar-refractivity contribution in [3.63, 3.8) is 0 Å². The number of esters is 1.